The monoisotopic (exact) mass is 1400 g/mol. The van der Waals surface area contributed by atoms with Gasteiger partial charge in [0.15, 0.2) is 11.6 Å². The van der Waals surface area contributed by atoms with E-state index in [1.807, 2.05) is 16.0 Å². The number of carbonyl (C=O) groups is 4. The van der Waals surface area contributed by atoms with Crippen molar-refractivity contribution in [2.45, 2.75) is 92.1 Å². The number of hydrogen-bond acceptors (Lipinski definition) is 12. The highest BCUT2D eigenvalue weighted by molar-refractivity contribution is 6.07. The number of hydrogen-bond donors (Lipinski definition) is 10. The zero-order valence-electron chi connectivity index (χ0n) is 47.9. The van der Waals surface area contributed by atoms with Gasteiger partial charge in [-0.15, -0.1) is 0 Å². The summed E-state index contributed by atoms with van der Waals surface area (Å²) in [6.07, 6.45) is -50.8. The van der Waals surface area contributed by atoms with E-state index in [0.29, 0.717) is 24.3 Å². The topological polar surface area (TPSA) is 249 Å². The lowest BCUT2D eigenvalue weighted by molar-refractivity contribution is -0.376. The normalized spacial score (nSPS) is 13.1. The molecule has 0 aromatic heterocycles. The van der Waals surface area contributed by atoms with Crippen LogP contribution in [0.1, 0.15) is 88.7 Å². The first kappa shape index (κ1) is 78.4. The Bertz CT molecular complexity index is 3740. The molecule has 6 rings (SSSR count). The minimum Gasteiger partial charge on any atom is -0.399 e. The summed E-state index contributed by atoms with van der Waals surface area (Å²) in [6.45, 7) is 2.33. The number of nitrogens with one attached hydrogen (secondary N) is 4. The molecule has 0 aliphatic carbocycles. The van der Waals surface area contributed by atoms with Crippen molar-refractivity contribution in [1.82, 2.24) is 0 Å². The van der Waals surface area contributed by atoms with Gasteiger partial charge >= 0.3 is 49.4 Å². The number of carbonyl (C=O) groups excluding carboxylic acids is 4. The number of nitrogens with two attached hydrogens (primary N) is 2. The minimum atomic E-state index is -6.48. The van der Waals surface area contributed by atoms with Crippen LogP contribution in [0.4, 0.5) is 139 Å². The molecule has 2 amide bonds. The fraction of sp³-hybridized carbons (Fsp3) is 0.298. The Labute approximate surface area is 517 Å². The second-order valence-electron chi connectivity index (χ2n) is 20.0. The molecule has 0 saturated heterocycles. The molecule has 0 aliphatic heterocycles. The quantitative estimate of drug-likeness (QED) is 0.0278. The van der Waals surface area contributed by atoms with Crippen molar-refractivity contribution in [3.63, 3.8) is 0 Å². The third-order valence-corrected chi connectivity index (χ3v) is 13.6. The summed E-state index contributed by atoms with van der Waals surface area (Å²) in [5.74, 6) is -3.31. The van der Waals surface area contributed by atoms with Crippen molar-refractivity contribution in [3.05, 3.63) is 177 Å². The predicted octanol–water partition coefficient (Wildman–Crippen LogP) is 14.1. The summed E-state index contributed by atoms with van der Waals surface area (Å²) in [5, 5.41) is 47.2. The van der Waals surface area contributed by atoms with Gasteiger partial charge in [-0.05, 0) is 116 Å². The summed E-state index contributed by atoms with van der Waals surface area (Å²) in [5.41, 5.74) is -24.1. The van der Waals surface area contributed by atoms with E-state index in [1.54, 1.807) is 0 Å². The maximum absolute atomic E-state index is 13.9. The van der Waals surface area contributed by atoms with Gasteiger partial charge in [0.05, 0.1) is 0 Å². The average molecular weight is 1400 g/mol. The highest BCUT2D eigenvalue weighted by Gasteiger charge is 2.75. The molecule has 0 spiro atoms. The van der Waals surface area contributed by atoms with Crippen LogP contribution in [0.2, 0.25) is 0 Å². The van der Waals surface area contributed by atoms with Gasteiger partial charge in [-0.25, -0.2) is 0 Å². The highest BCUT2D eigenvalue weighted by Crippen LogP contribution is 2.56. The summed E-state index contributed by atoms with van der Waals surface area (Å²) in [6, 6.07) is 17.3. The Kier molecular flexibility index (Phi) is 22.6. The van der Waals surface area contributed by atoms with Crippen molar-refractivity contribution >= 4 is 57.5 Å². The molecule has 95 heavy (non-hydrogen) atoms. The SMILES string of the molecule is CNc1ccc(Cc2ccc(NC(=O)c3cccc(C(C)=O)c3)c(C(O)(C(F)(F)F)C(F)(F)F)c2)cc1C(O)(C(F)(F)F)C(F)(F)F.CNc1ccc(NC(=O)c2cccc(C(C)=O)c2)c(C(O)(C(F)(F)F)C(F)(F)F)c1.Nc1ccc(N)c(C(O)(C(F)(F)F)C(F)(F)F)c1. The largest absolute Gasteiger partial charge is 0.430 e. The summed E-state index contributed by atoms with van der Waals surface area (Å²) < 4.78 is 321. The molecule has 0 radical (unpaired) electrons. The van der Waals surface area contributed by atoms with E-state index in [0.717, 1.165) is 68.6 Å². The van der Waals surface area contributed by atoms with E-state index in [9.17, 15) is 140 Å². The van der Waals surface area contributed by atoms with Crippen LogP contribution in [-0.2, 0) is 28.8 Å². The van der Waals surface area contributed by atoms with E-state index in [1.165, 1.54) is 44.3 Å². The maximum atomic E-state index is 13.9. The second kappa shape index (κ2) is 27.4. The Morgan fingerprint density at radius 2 is 0.663 bits per heavy atom. The lowest BCUT2D eigenvalue weighted by Gasteiger charge is -2.34. The van der Waals surface area contributed by atoms with Crippen molar-refractivity contribution < 1.29 is 145 Å². The standard InChI is InChI=1S/C29H22F12N2O4.C19H16F6N2O3.C9H8F6N2O/c1-14(44)17-4-3-5-18(13-17)23(45)43-22-9-7-16(12-20(22)25(47,28(36,37)38)29(39,40)41)10-15-6-8-21(42-2)19(11-15)24(46,26(30,31)32)27(33,34)35;1-10(28)11-4-3-5-12(8-11)16(29)27-15-7-6-13(26-2)9-14(15)17(30,18(20,21)22)19(23,24)25;10-8(11,12)7(18,9(13,14)15)5-3-4(16)1-2-6(5)17/h3-9,11-13,42,46-47H,10H2,1-2H3,(H,43,45);3-9,26,30H,1-2H3,(H,27,29);1-3,18H,16-17H2. The zero-order valence-corrected chi connectivity index (χ0v) is 47.9. The van der Waals surface area contributed by atoms with Crippen molar-refractivity contribution in [2.75, 3.05) is 46.8 Å². The van der Waals surface area contributed by atoms with Crippen LogP contribution in [0.25, 0.3) is 0 Å². The number of amides is 2. The molecule has 0 aliphatic rings. The van der Waals surface area contributed by atoms with Crippen LogP contribution >= 0.6 is 0 Å². The van der Waals surface area contributed by atoms with E-state index in [-0.39, 0.29) is 45.8 Å². The number of nitrogen functional groups attached to an aromatic ring is 2. The van der Waals surface area contributed by atoms with Crippen molar-refractivity contribution in [3.8, 4) is 0 Å². The average Bonchev–Trinajstić information content (AvgIpc) is 0.760. The van der Waals surface area contributed by atoms with Gasteiger partial charge in [0.1, 0.15) is 0 Å². The van der Waals surface area contributed by atoms with E-state index < -0.39 is 158 Å². The molecular weight excluding hydrogens is 1350 g/mol. The molecule has 38 heteroatoms. The molecule has 0 heterocycles. The molecule has 0 bridgehead atoms. The lowest BCUT2D eigenvalue weighted by atomic mass is 9.86. The smallest absolute Gasteiger partial charge is 0.399 e. The van der Waals surface area contributed by atoms with Crippen LogP contribution < -0.4 is 32.7 Å². The zero-order chi connectivity index (χ0) is 73.2. The number of anilines is 6. The molecule has 6 aromatic rings. The van der Waals surface area contributed by atoms with Crippen molar-refractivity contribution in [1.29, 1.82) is 0 Å². The number of aliphatic hydroxyl groups is 4. The lowest BCUT2D eigenvalue weighted by Crippen LogP contribution is -2.54. The van der Waals surface area contributed by atoms with Crippen LogP contribution in [0.5, 0.6) is 0 Å². The summed E-state index contributed by atoms with van der Waals surface area (Å²) in [7, 11) is 2.18. The van der Waals surface area contributed by atoms with Gasteiger partial charge in [-0.1, -0.05) is 36.4 Å². The van der Waals surface area contributed by atoms with E-state index in [2.05, 4.69) is 5.32 Å². The minimum absolute atomic E-state index is 0.0399. The molecule has 0 atom stereocenters. The van der Waals surface area contributed by atoms with Crippen molar-refractivity contribution in [2.24, 2.45) is 0 Å². The Morgan fingerprint density at radius 1 is 0.358 bits per heavy atom. The third kappa shape index (κ3) is 16.0. The fourth-order valence-corrected chi connectivity index (χ4v) is 8.57. The van der Waals surface area contributed by atoms with Gasteiger partial charge in [-0.2, -0.15) is 105 Å². The molecule has 6 aromatic carbocycles. The highest BCUT2D eigenvalue weighted by atomic mass is 19.4. The Balaban J connectivity index is 0.000000339. The molecule has 12 N–H and O–H groups in total. The van der Waals surface area contributed by atoms with Crippen LogP contribution in [0.3, 0.4) is 0 Å². The summed E-state index contributed by atoms with van der Waals surface area (Å²) >= 11 is 0. The van der Waals surface area contributed by atoms with Gasteiger partial charge in [0, 0.05) is 92.7 Å². The number of alkyl halides is 24. The number of benzene rings is 6. The maximum Gasteiger partial charge on any atom is 0.430 e. The van der Waals surface area contributed by atoms with Crippen LogP contribution in [-0.4, -0.2) is 107 Å². The molecule has 14 nitrogen and oxygen atoms in total. The molecular formula is C57H46F24N6O8. The van der Waals surface area contributed by atoms with Gasteiger partial charge in [-0.3, -0.25) is 19.2 Å². The van der Waals surface area contributed by atoms with Gasteiger partial charge in [0.25, 0.3) is 34.2 Å². The number of Topliss-reactive ketones (excluding diaryl/α,β-unsaturated/α-hetero) is 2. The van der Waals surface area contributed by atoms with Gasteiger partial charge < -0.3 is 53.2 Å². The van der Waals surface area contributed by atoms with Crippen LogP contribution in [0, 0.1) is 0 Å². The first-order valence-electron chi connectivity index (χ1n) is 25.6. The second-order valence-corrected chi connectivity index (χ2v) is 20.0. The molecule has 520 valence electrons. The first-order valence-corrected chi connectivity index (χ1v) is 25.6. The van der Waals surface area contributed by atoms with Crippen LogP contribution in [0.15, 0.2) is 121 Å². The van der Waals surface area contributed by atoms with E-state index >= 15 is 0 Å². The Morgan fingerprint density at radius 3 is 0.989 bits per heavy atom. The predicted molar refractivity (Wildman–Crippen MR) is 289 cm³/mol. The first-order chi connectivity index (χ1) is 42.9. The molecule has 0 fully saturated rings. The van der Waals surface area contributed by atoms with E-state index in [4.69, 9.17) is 16.6 Å². The number of rotatable bonds is 14. The number of ketones is 2. The number of halogens is 24. The summed E-state index contributed by atoms with van der Waals surface area (Å²) in [4.78, 5) is 48.3. The molecule has 0 saturated carbocycles. The third-order valence-electron chi connectivity index (χ3n) is 13.6. The Hall–Kier alpha value is -9.04. The fourth-order valence-electron chi connectivity index (χ4n) is 8.57. The molecule has 0 unspecified atom stereocenters. The van der Waals surface area contributed by atoms with Gasteiger partial charge in [0.2, 0.25) is 0 Å².